The second-order valence-corrected chi connectivity index (χ2v) is 3.83. The fourth-order valence-electron chi connectivity index (χ4n) is 1.38. The summed E-state index contributed by atoms with van der Waals surface area (Å²) in [5.74, 6) is 0.707. The Balaban J connectivity index is 2.71. The second-order valence-electron chi connectivity index (χ2n) is 3.42. The zero-order valence-corrected chi connectivity index (χ0v) is 10.5. The van der Waals surface area contributed by atoms with E-state index in [0.29, 0.717) is 30.5 Å². The number of benzene rings is 1. The molecule has 0 aliphatic heterocycles. The maximum absolute atomic E-state index is 6.08. The van der Waals surface area contributed by atoms with Gasteiger partial charge < -0.3 is 15.2 Å². The van der Waals surface area contributed by atoms with Crippen molar-refractivity contribution in [3.63, 3.8) is 0 Å². The Morgan fingerprint density at radius 3 is 2.75 bits per heavy atom. The van der Waals surface area contributed by atoms with Crippen molar-refractivity contribution < 1.29 is 9.47 Å². The fraction of sp³-hybridized carbons (Fsp3) is 0.500. The molecule has 0 amide bonds. The van der Waals surface area contributed by atoms with Crippen molar-refractivity contribution in [2.45, 2.75) is 20.0 Å². The van der Waals surface area contributed by atoms with E-state index in [1.54, 1.807) is 0 Å². The third-order valence-electron chi connectivity index (χ3n) is 2.21. The van der Waals surface area contributed by atoms with Crippen LogP contribution in [0.15, 0.2) is 18.2 Å². The minimum absolute atomic E-state index is 0.00303. The average molecular weight is 244 g/mol. The predicted octanol–water partition coefficient (Wildman–Crippen LogP) is 2.78. The highest BCUT2D eigenvalue weighted by atomic mass is 35.5. The van der Waals surface area contributed by atoms with E-state index in [-0.39, 0.29) is 6.10 Å². The first-order chi connectivity index (χ1) is 7.69. The van der Waals surface area contributed by atoms with E-state index in [4.69, 9.17) is 26.8 Å². The Kier molecular flexibility index (Phi) is 5.60. The van der Waals surface area contributed by atoms with E-state index in [1.807, 2.05) is 32.0 Å². The molecule has 0 aromatic heterocycles. The lowest BCUT2D eigenvalue weighted by Gasteiger charge is -2.14. The number of nitrogens with two attached hydrogens (primary N) is 1. The highest BCUT2D eigenvalue weighted by Crippen LogP contribution is 2.28. The largest absolute Gasteiger partial charge is 0.492 e. The number of hydrogen-bond acceptors (Lipinski definition) is 3. The van der Waals surface area contributed by atoms with Gasteiger partial charge in [0.1, 0.15) is 5.75 Å². The summed E-state index contributed by atoms with van der Waals surface area (Å²) in [7, 11) is 0. The van der Waals surface area contributed by atoms with Gasteiger partial charge in [0.15, 0.2) is 0 Å². The molecule has 1 atom stereocenters. The monoisotopic (exact) mass is 243 g/mol. The SMILES string of the molecule is CCOc1ccc(C(C)OCCN)cc1Cl. The van der Waals surface area contributed by atoms with Crippen LogP contribution in [0.1, 0.15) is 25.5 Å². The van der Waals surface area contributed by atoms with Crippen LogP contribution in [0.25, 0.3) is 0 Å². The van der Waals surface area contributed by atoms with Gasteiger partial charge in [0.25, 0.3) is 0 Å². The fourth-order valence-corrected chi connectivity index (χ4v) is 1.63. The second kappa shape index (κ2) is 6.74. The Hall–Kier alpha value is -0.770. The van der Waals surface area contributed by atoms with E-state index < -0.39 is 0 Å². The van der Waals surface area contributed by atoms with Crippen LogP contribution in [0, 0.1) is 0 Å². The smallest absolute Gasteiger partial charge is 0.137 e. The summed E-state index contributed by atoms with van der Waals surface area (Å²) in [6.45, 7) is 5.58. The molecule has 4 heteroatoms. The Bertz CT molecular complexity index is 331. The van der Waals surface area contributed by atoms with Gasteiger partial charge >= 0.3 is 0 Å². The summed E-state index contributed by atoms with van der Waals surface area (Å²) in [6.07, 6.45) is -0.00303. The van der Waals surface area contributed by atoms with Crippen molar-refractivity contribution in [2.75, 3.05) is 19.8 Å². The maximum atomic E-state index is 6.08. The van der Waals surface area contributed by atoms with Crippen LogP contribution in [-0.2, 0) is 4.74 Å². The summed E-state index contributed by atoms with van der Waals surface area (Å²) in [4.78, 5) is 0. The molecule has 0 saturated carbocycles. The lowest BCUT2D eigenvalue weighted by atomic mass is 10.1. The topological polar surface area (TPSA) is 44.5 Å². The number of ether oxygens (including phenoxy) is 2. The molecule has 1 aromatic rings. The summed E-state index contributed by atoms with van der Waals surface area (Å²) >= 11 is 6.08. The van der Waals surface area contributed by atoms with Gasteiger partial charge in [-0.25, -0.2) is 0 Å². The van der Waals surface area contributed by atoms with Crippen molar-refractivity contribution in [1.82, 2.24) is 0 Å². The van der Waals surface area contributed by atoms with Gasteiger partial charge in [-0.15, -0.1) is 0 Å². The number of hydrogen-bond donors (Lipinski definition) is 1. The van der Waals surface area contributed by atoms with E-state index in [2.05, 4.69) is 0 Å². The van der Waals surface area contributed by atoms with Crippen LogP contribution in [0.4, 0.5) is 0 Å². The average Bonchev–Trinajstić information content (AvgIpc) is 2.29. The third-order valence-corrected chi connectivity index (χ3v) is 2.51. The van der Waals surface area contributed by atoms with Crippen molar-refractivity contribution >= 4 is 11.6 Å². The van der Waals surface area contributed by atoms with Crippen molar-refractivity contribution in [3.8, 4) is 5.75 Å². The Labute approximate surface area is 101 Å². The summed E-state index contributed by atoms with van der Waals surface area (Å²) in [5, 5.41) is 0.613. The van der Waals surface area contributed by atoms with Crippen LogP contribution < -0.4 is 10.5 Å². The van der Waals surface area contributed by atoms with Gasteiger partial charge in [0.2, 0.25) is 0 Å². The first-order valence-corrected chi connectivity index (χ1v) is 5.80. The van der Waals surface area contributed by atoms with Gasteiger partial charge in [-0.3, -0.25) is 0 Å². The minimum atomic E-state index is -0.00303. The lowest BCUT2D eigenvalue weighted by molar-refractivity contribution is 0.0718. The van der Waals surface area contributed by atoms with Gasteiger partial charge in [-0.2, -0.15) is 0 Å². The summed E-state index contributed by atoms with van der Waals surface area (Å²) in [6, 6.07) is 5.69. The summed E-state index contributed by atoms with van der Waals surface area (Å²) in [5.41, 5.74) is 6.41. The van der Waals surface area contributed by atoms with Crippen LogP contribution in [0.3, 0.4) is 0 Å². The number of rotatable bonds is 6. The molecule has 0 heterocycles. The third kappa shape index (κ3) is 3.67. The Morgan fingerprint density at radius 1 is 1.44 bits per heavy atom. The van der Waals surface area contributed by atoms with E-state index in [1.165, 1.54) is 0 Å². The molecule has 0 aliphatic carbocycles. The van der Waals surface area contributed by atoms with Gasteiger partial charge in [-0.05, 0) is 31.5 Å². The molecule has 1 aromatic carbocycles. The molecule has 0 radical (unpaired) electrons. The van der Waals surface area contributed by atoms with Gasteiger partial charge in [-0.1, -0.05) is 17.7 Å². The molecular weight excluding hydrogens is 226 g/mol. The van der Waals surface area contributed by atoms with Crippen LogP contribution in [0.2, 0.25) is 5.02 Å². The standard InChI is InChI=1S/C12H18ClNO2/c1-3-15-12-5-4-10(8-11(12)13)9(2)16-7-6-14/h4-5,8-9H,3,6-7,14H2,1-2H3. The highest BCUT2D eigenvalue weighted by Gasteiger charge is 2.08. The molecule has 3 nitrogen and oxygen atoms in total. The van der Waals surface area contributed by atoms with Gasteiger partial charge in [0.05, 0.1) is 24.3 Å². The van der Waals surface area contributed by atoms with Gasteiger partial charge in [0, 0.05) is 6.54 Å². The maximum Gasteiger partial charge on any atom is 0.137 e. The molecule has 2 N–H and O–H groups in total. The van der Waals surface area contributed by atoms with Crippen molar-refractivity contribution in [1.29, 1.82) is 0 Å². The van der Waals surface area contributed by atoms with Crippen LogP contribution in [-0.4, -0.2) is 19.8 Å². The quantitative estimate of drug-likeness (QED) is 0.836. The lowest BCUT2D eigenvalue weighted by Crippen LogP contribution is -2.10. The molecule has 0 fully saturated rings. The minimum Gasteiger partial charge on any atom is -0.492 e. The molecule has 0 saturated heterocycles. The molecule has 16 heavy (non-hydrogen) atoms. The molecule has 90 valence electrons. The first-order valence-electron chi connectivity index (χ1n) is 5.43. The molecule has 0 bridgehead atoms. The zero-order valence-electron chi connectivity index (χ0n) is 9.70. The van der Waals surface area contributed by atoms with Crippen molar-refractivity contribution in [2.24, 2.45) is 5.73 Å². The zero-order chi connectivity index (χ0) is 12.0. The van der Waals surface area contributed by atoms with E-state index in [0.717, 1.165) is 5.56 Å². The molecule has 0 spiro atoms. The highest BCUT2D eigenvalue weighted by molar-refractivity contribution is 6.32. The molecule has 1 unspecified atom stereocenters. The number of halogens is 1. The molecule has 0 aliphatic rings. The predicted molar refractivity (Wildman–Crippen MR) is 66.0 cm³/mol. The van der Waals surface area contributed by atoms with Crippen LogP contribution in [0.5, 0.6) is 5.75 Å². The normalized spacial score (nSPS) is 12.5. The molecule has 1 rings (SSSR count). The van der Waals surface area contributed by atoms with E-state index in [9.17, 15) is 0 Å². The van der Waals surface area contributed by atoms with E-state index >= 15 is 0 Å². The summed E-state index contributed by atoms with van der Waals surface area (Å²) < 4.78 is 10.9. The Morgan fingerprint density at radius 2 is 2.19 bits per heavy atom. The van der Waals surface area contributed by atoms with Crippen molar-refractivity contribution in [3.05, 3.63) is 28.8 Å². The first kappa shape index (κ1) is 13.3. The molecular formula is C12H18ClNO2. The van der Waals surface area contributed by atoms with Crippen LogP contribution >= 0.6 is 11.6 Å².